The minimum absolute atomic E-state index is 0.273. The predicted octanol–water partition coefficient (Wildman–Crippen LogP) is 1.89. The highest BCUT2D eigenvalue weighted by Crippen LogP contribution is 2.35. The molecule has 0 aromatic heterocycles. The molecule has 0 fully saturated rings. The first-order chi connectivity index (χ1) is 7.18. The van der Waals surface area contributed by atoms with Gasteiger partial charge >= 0.3 is 0 Å². The van der Waals surface area contributed by atoms with Crippen LogP contribution in [0.3, 0.4) is 0 Å². The van der Waals surface area contributed by atoms with Gasteiger partial charge in [-0.1, -0.05) is 31.2 Å². The van der Waals surface area contributed by atoms with Crippen molar-refractivity contribution in [1.82, 2.24) is 5.32 Å². The zero-order valence-corrected chi connectivity index (χ0v) is 9.40. The first kappa shape index (κ1) is 10.7. The van der Waals surface area contributed by atoms with E-state index in [4.69, 9.17) is 0 Å². The van der Waals surface area contributed by atoms with Gasteiger partial charge in [-0.15, -0.1) is 0 Å². The lowest BCUT2D eigenvalue weighted by atomic mass is 10.0. The maximum atomic E-state index is 9.28. The maximum Gasteiger partial charge on any atom is 0.0636 e. The monoisotopic (exact) mass is 205 g/mol. The summed E-state index contributed by atoms with van der Waals surface area (Å²) in [6.45, 7) is 4.75. The Morgan fingerprint density at radius 3 is 2.93 bits per heavy atom. The first-order valence-electron chi connectivity index (χ1n) is 5.67. The van der Waals surface area contributed by atoms with Crippen LogP contribution in [0.15, 0.2) is 24.3 Å². The van der Waals surface area contributed by atoms with Gasteiger partial charge in [-0.3, -0.25) is 0 Å². The van der Waals surface area contributed by atoms with Gasteiger partial charge in [0.15, 0.2) is 0 Å². The van der Waals surface area contributed by atoms with Gasteiger partial charge in [0.2, 0.25) is 0 Å². The van der Waals surface area contributed by atoms with Crippen LogP contribution in [0.4, 0.5) is 0 Å². The van der Waals surface area contributed by atoms with Gasteiger partial charge in [0.25, 0.3) is 0 Å². The van der Waals surface area contributed by atoms with Crippen molar-refractivity contribution in [3.8, 4) is 0 Å². The molecule has 2 nitrogen and oxygen atoms in total. The second-order valence-electron chi connectivity index (χ2n) is 4.62. The Morgan fingerprint density at radius 2 is 2.20 bits per heavy atom. The summed E-state index contributed by atoms with van der Waals surface area (Å²) in [6, 6.07) is 9.00. The largest absolute Gasteiger partial charge is 0.392 e. The van der Waals surface area contributed by atoms with Crippen molar-refractivity contribution in [2.45, 2.75) is 32.4 Å². The fraction of sp³-hybridized carbons (Fsp3) is 0.538. The van der Waals surface area contributed by atoms with Crippen LogP contribution >= 0.6 is 0 Å². The van der Waals surface area contributed by atoms with Crippen LogP contribution in [0.1, 0.15) is 31.0 Å². The molecule has 3 atom stereocenters. The summed E-state index contributed by atoms with van der Waals surface area (Å²) in [6.07, 6.45) is 0.873. The minimum Gasteiger partial charge on any atom is -0.392 e. The first-order valence-corrected chi connectivity index (χ1v) is 5.67. The predicted molar refractivity (Wildman–Crippen MR) is 61.7 cm³/mol. The van der Waals surface area contributed by atoms with Crippen LogP contribution in [0, 0.1) is 5.92 Å². The van der Waals surface area contributed by atoms with E-state index < -0.39 is 0 Å². The lowest BCUT2D eigenvalue weighted by Crippen LogP contribution is -2.30. The molecule has 2 heteroatoms. The molecule has 0 aliphatic heterocycles. The van der Waals surface area contributed by atoms with Crippen LogP contribution in [-0.2, 0) is 6.42 Å². The number of hydrogen-bond acceptors (Lipinski definition) is 2. The summed E-state index contributed by atoms with van der Waals surface area (Å²) >= 11 is 0. The van der Waals surface area contributed by atoms with Gasteiger partial charge in [0, 0.05) is 12.6 Å². The van der Waals surface area contributed by atoms with Gasteiger partial charge in [0.05, 0.1) is 6.10 Å². The molecule has 0 radical (unpaired) electrons. The standard InChI is InChI=1S/C13H19NO/c1-9-7-11-5-3-4-6-12(11)13(9)14-8-10(2)15/h3-6,9-10,13-15H,7-8H2,1-2H3/t9?,10-,13?/m0/s1. The minimum atomic E-state index is -0.273. The molecule has 1 aromatic carbocycles. The number of hydrogen-bond donors (Lipinski definition) is 2. The molecular weight excluding hydrogens is 186 g/mol. The van der Waals surface area contributed by atoms with E-state index in [2.05, 4.69) is 36.5 Å². The van der Waals surface area contributed by atoms with Gasteiger partial charge in [-0.25, -0.2) is 0 Å². The Labute approximate surface area is 91.3 Å². The highest BCUT2D eigenvalue weighted by molar-refractivity contribution is 5.35. The zero-order valence-electron chi connectivity index (χ0n) is 9.40. The second kappa shape index (κ2) is 4.33. The highest BCUT2D eigenvalue weighted by Gasteiger charge is 2.28. The fourth-order valence-electron chi connectivity index (χ4n) is 2.40. The van der Waals surface area contributed by atoms with Gasteiger partial charge in [-0.05, 0) is 30.4 Å². The van der Waals surface area contributed by atoms with Crippen LogP contribution < -0.4 is 5.32 Å². The maximum absolute atomic E-state index is 9.28. The summed E-state index contributed by atoms with van der Waals surface area (Å²) < 4.78 is 0. The molecule has 1 aliphatic rings. The van der Waals surface area contributed by atoms with E-state index >= 15 is 0 Å². The lowest BCUT2D eigenvalue weighted by Gasteiger charge is -2.19. The molecule has 0 saturated heterocycles. The third kappa shape index (κ3) is 2.21. The van der Waals surface area contributed by atoms with E-state index in [0.29, 0.717) is 18.5 Å². The SMILES string of the molecule is CC1Cc2ccccc2C1NC[C@H](C)O. The summed E-state index contributed by atoms with van der Waals surface area (Å²) in [5.41, 5.74) is 2.86. The summed E-state index contributed by atoms with van der Waals surface area (Å²) in [7, 11) is 0. The quantitative estimate of drug-likeness (QED) is 0.790. The van der Waals surface area contributed by atoms with Gasteiger partial charge in [0.1, 0.15) is 0 Å². The molecule has 0 saturated carbocycles. The summed E-state index contributed by atoms with van der Waals surface area (Å²) in [4.78, 5) is 0. The topological polar surface area (TPSA) is 32.3 Å². The number of nitrogens with one attached hydrogen (secondary N) is 1. The Hall–Kier alpha value is -0.860. The molecule has 1 aliphatic carbocycles. The lowest BCUT2D eigenvalue weighted by molar-refractivity contribution is 0.182. The van der Waals surface area contributed by atoms with Crippen molar-refractivity contribution in [2.75, 3.05) is 6.54 Å². The van der Waals surface area contributed by atoms with E-state index in [9.17, 15) is 5.11 Å². The molecule has 0 heterocycles. The average Bonchev–Trinajstić information content (AvgIpc) is 2.50. The normalized spacial score (nSPS) is 26.3. The number of aliphatic hydroxyl groups excluding tert-OH is 1. The molecule has 0 bridgehead atoms. The molecule has 0 spiro atoms. The fourth-order valence-corrected chi connectivity index (χ4v) is 2.40. The van der Waals surface area contributed by atoms with Crippen molar-refractivity contribution in [2.24, 2.45) is 5.92 Å². The van der Waals surface area contributed by atoms with Crippen LogP contribution in [0.2, 0.25) is 0 Å². The smallest absolute Gasteiger partial charge is 0.0636 e. The van der Waals surface area contributed by atoms with E-state index in [0.717, 1.165) is 6.42 Å². The zero-order chi connectivity index (χ0) is 10.8. The molecule has 2 unspecified atom stereocenters. The molecule has 82 valence electrons. The van der Waals surface area contributed by atoms with E-state index in [1.807, 2.05) is 6.92 Å². The molecule has 15 heavy (non-hydrogen) atoms. The highest BCUT2D eigenvalue weighted by atomic mass is 16.3. The molecule has 1 aromatic rings. The Morgan fingerprint density at radius 1 is 1.47 bits per heavy atom. The van der Waals surface area contributed by atoms with Crippen molar-refractivity contribution in [3.63, 3.8) is 0 Å². The van der Waals surface area contributed by atoms with Crippen molar-refractivity contribution in [1.29, 1.82) is 0 Å². The molecule has 0 amide bonds. The Bertz CT molecular complexity index is 335. The summed E-state index contributed by atoms with van der Waals surface area (Å²) in [5.74, 6) is 0.626. The second-order valence-corrected chi connectivity index (χ2v) is 4.62. The van der Waals surface area contributed by atoms with E-state index in [-0.39, 0.29) is 6.10 Å². The number of aliphatic hydroxyl groups is 1. The van der Waals surface area contributed by atoms with Gasteiger partial charge < -0.3 is 10.4 Å². The van der Waals surface area contributed by atoms with Crippen molar-refractivity contribution in [3.05, 3.63) is 35.4 Å². The van der Waals surface area contributed by atoms with Crippen LogP contribution in [-0.4, -0.2) is 17.8 Å². The van der Waals surface area contributed by atoms with Gasteiger partial charge in [-0.2, -0.15) is 0 Å². The number of rotatable bonds is 3. The molecule has 2 rings (SSSR count). The third-order valence-electron chi connectivity index (χ3n) is 3.13. The third-order valence-corrected chi connectivity index (χ3v) is 3.13. The van der Waals surface area contributed by atoms with E-state index in [1.54, 1.807) is 0 Å². The van der Waals surface area contributed by atoms with Crippen LogP contribution in [0.25, 0.3) is 0 Å². The van der Waals surface area contributed by atoms with E-state index in [1.165, 1.54) is 11.1 Å². The van der Waals surface area contributed by atoms with Crippen LogP contribution in [0.5, 0.6) is 0 Å². The molecule has 2 N–H and O–H groups in total. The Kier molecular flexibility index (Phi) is 3.08. The Balaban J connectivity index is 2.11. The van der Waals surface area contributed by atoms with Crippen molar-refractivity contribution < 1.29 is 5.11 Å². The average molecular weight is 205 g/mol. The van der Waals surface area contributed by atoms with Crippen molar-refractivity contribution >= 4 is 0 Å². The molecular formula is C13H19NO. The number of benzene rings is 1. The number of fused-ring (bicyclic) bond motifs is 1. The summed E-state index contributed by atoms with van der Waals surface area (Å²) in [5, 5.41) is 12.7.